The van der Waals surface area contributed by atoms with Crippen molar-refractivity contribution in [1.82, 2.24) is 30.4 Å². The molecule has 1 N–H and O–H groups in total. The van der Waals surface area contributed by atoms with Gasteiger partial charge in [0.25, 0.3) is 18.3 Å². The van der Waals surface area contributed by atoms with Crippen LogP contribution in [-0.4, -0.2) is 85.0 Å². The number of aromatic nitrogens is 4. The number of fused-ring (bicyclic) bond motifs is 1. The lowest BCUT2D eigenvalue weighted by Gasteiger charge is -2.49. The lowest BCUT2D eigenvalue weighted by Crippen LogP contribution is -2.71. The fourth-order valence-electron chi connectivity index (χ4n) is 3.72. The highest BCUT2D eigenvalue weighted by molar-refractivity contribution is 8.01. The van der Waals surface area contributed by atoms with Gasteiger partial charge >= 0.3 is 11.9 Å². The van der Waals surface area contributed by atoms with E-state index in [2.05, 4.69) is 20.8 Å². The van der Waals surface area contributed by atoms with Crippen molar-refractivity contribution in [2.75, 3.05) is 18.3 Å². The quantitative estimate of drug-likeness (QED) is 0.127. The van der Waals surface area contributed by atoms with Crippen molar-refractivity contribution < 1.29 is 38.2 Å². The molecule has 16 heteroatoms. The topological polar surface area (TPSA) is 172 Å². The fraction of sp³-hybridized carbons (Fsp3) is 0.364. The van der Waals surface area contributed by atoms with Gasteiger partial charge in [-0.25, -0.2) is 9.48 Å². The molecule has 1 aromatic heterocycles. The molecular formula is C22H22N6O8S2. The third-order valence-corrected chi connectivity index (χ3v) is 7.92. The number of ether oxygens (including phenoxy) is 3. The zero-order valence-electron chi connectivity index (χ0n) is 20.1. The van der Waals surface area contributed by atoms with E-state index >= 15 is 0 Å². The average molecular weight is 563 g/mol. The van der Waals surface area contributed by atoms with Crippen molar-refractivity contribution in [3.8, 4) is 0 Å². The van der Waals surface area contributed by atoms with Crippen LogP contribution in [0, 0.1) is 0 Å². The molecule has 1 aromatic carbocycles. The third kappa shape index (κ3) is 5.80. The summed E-state index contributed by atoms with van der Waals surface area (Å²) in [5.41, 5.74) is 1.02. The standard InChI is InChI=1S/C22H22N6O8S2/c1-12(30)35-11-36-21(33)16-14(9-38-22-24-25-26-27(22)2)8-37-20-15(19(32)28(16)20)23-18(31)17(34-10-29)13-6-4-3-5-7-13/h3-7,10,15,17,20H,8-9,11H2,1-2H3,(H,23,31)/t15?,17-,20-/m1/s1. The van der Waals surface area contributed by atoms with Gasteiger partial charge in [-0.05, 0) is 16.0 Å². The fourth-order valence-corrected chi connectivity index (χ4v) is 6.05. The molecule has 0 radical (unpaired) electrons. The van der Waals surface area contributed by atoms with Gasteiger partial charge in [-0.15, -0.1) is 16.9 Å². The first-order chi connectivity index (χ1) is 18.3. The van der Waals surface area contributed by atoms with Crippen LogP contribution < -0.4 is 5.32 Å². The van der Waals surface area contributed by atoms with E-state index in [1.165, 1.54) is 40.0 Å². The van der Waals surface area contributed by atoms with E-state index in [9.17, 15) is 24.0 Å². The van der Waals surface area contributed by atoms with Crippen LogP contribution >= 0.6 is 23.5 Å². The first-order valence-electron chi connectivity index (χ1n) is 11.1. The van der Waals surface area contributed by atoms with E-state index in [1.807, 2.05) is 0 Å². The molecule has 1 fully saturated rings. The Morgan fingerprint density at radius 3 is 2.68 bits per heavy atom. The van der Waals surface area contributed by atoms with E-state index in [0.717, 1.165) is 0 Å². The minimum absolute atomic E-state index is 0.00257. The zero-order valence-corrected chi connectivity index (χ0v) is 21.8. The van der Waals surface area contributed by atoms with Gasteiger partial charge in [-0.3, -0.25) is 24.1 Å². The Morgan fingerprint density at radius 1 is 1.26 bits per heavy atom. The number of nitrogens with zero attached hydrogens (tertiary/aromatic N) is 5. The maximum Gasteiger partial charge on any atom is 0.357 e. The van der Waals surface area contributed by atoms with Crippen LogP contribution in [0.25, 0.3) is 0 Å². The van der Waals surface area contributed by atoms with Crippen LogP contribution in [0.1, 0.15) is 18.6 Å². The predicted molar refractivity (Wildman–Crippen MR) is 131 cm³/mol. The minimum atomic E-state index is -1.25. The number of β-lactam (4-membered cyclic amide) rings is 1. The summed E-state index contributed by atoms with van der Waals surface area (Å²) < 4.78 is 16.2. The largest absolute Gasteiger partial charge is 0.449 e. The molecule has 2 amide bonds. The Bertz CT molecular complexity index is 1270. The second-order valence-corrected chi connectivity index (χ2v) is 9.98. The van der Waals surface area contributed by atoms with Gasteiger partial charge in [0.1, 0.15) is 17.1 Å². The van der Waals surface area contributed by atoms with Gasteiger partial charge in [0, 0.05) is 31.0 Å². The lowest BCUT2D eigenvalue weighted by molar-refractivity contribution is -0.167. The van der Waals surface area contributed by atoms with E-state index in [1.54, 1.807) is 37.4 Å². The van der Waals surface area contributed by atoms with E-state index < -0.39 is 48.1 Å². The summed E-state index contributed by atoms with van der Waals surface area (Å²) in [6.45, 7) is 0.714. The average Bonchev–Trinajstić information content (AvgIpc) is 3.32. The SMILES string of the molecule is CC(=O)OCOC(=O)C1=C(CSc2nnnn2C)CS[C@@H]2C(NC(=O)[C@H](OC=O)c3ccccc3)C(=O)N12. The summed E-state index contributed by atoms with van der Waals surface area (Å²) in [5.74, 6) is -2.10. The molecule has 4 rings (SSSR count). The van der Waals surface area contributed by atoms with Crippen LogP contribution in [0.5, 0.6) is 0 Å². The maximum atomic E-state index is 13.2. The van der Waals surface area contributed by atoms with E-state index in [4.69, 9.17) is 14.2 Å². The Labute approximate surface area is 224 Å². The highest BCUT2D eigenvalue weighted by Gasteiger charge is 2.55. The molecule has 0 saturated carbocycles. The van der Waals surface area contributed by atoms with Crippen LogP contribution in [0.3, 0.4) is 0 Å². The van der Waals surface area contributed by atoms with Crippen molar-refractivity contribution in [2.45, 2.75) is 29.6 Å². The highest BCUT2D eigenvalue weighted by Crippen LogP contribution is 2.42. The Balaban J connectivity index is 1.52. The molecule has 2 aromatic rings. The molecule has 0 spiro atoms. The number of carbonyl (C=O) groups is 5. The summed E-state index contributed by atoms with van der Waals surface area (Å²) in [7, 11) is 1.67. The first kappa shape index (κ1) is 27.1. The van der Waals surface area contributed by atoms with Gasteiger partial charge < -0.3 is 19.5 Å². The minimum Gasteiger partial charge on any atom is -0.449 e. The number of esters is 2. The van der Waals surface area contributed by atoms with Gasteiger partial charge in [0.05, 0.1) is 0 Å². The molecule has 3 heterocycles. The van der Waals surface area contributed by atoms with Crippen LogP contribution in [0.2, 0.25) is 0 Å². The van der Waals surface area contributed by atoms with E-state index in [0.29, 0.717) is 22.0 Å². The molecule has 200 valence electrons. The molecule has 2 aliphatic heterocycles. The van der Waals surface area contributed by atoms with Gasteiger partial charge in [0.2, 0.25) is 18.1 Å². The molecule has 3 atom stereocenters. The molecule has 14 nitrogen and oxygen atoms in total. The number of amides is 2. The number of benzene rings is 1. The number of aryl methyl sites for hydroxylation is 1. The van der Waals surface area contributed by atoms with Gasteiger partial charge in [-0.1, -0.05) is 42.1 Å². The number of rotatable bonds is 11. The Morgan fingerprint density at radius 2 is 2.03 bits per heavy atom. The lowest BCUT2D eigenvalue weighted by atomic mass is 10.0. The van der Waals surface area contributed by atoms with Crippen molar-refractivity contribution in [2.24, 2.45) is 7.05 Å². The molecular weight excluding hydrogens is 540 g/mol. The first-order valence-corrected chi connectivity index (χ1v) is 13.1. The van der Waals surface area contributed by atoms with Crippen molar-refractivity contribution in [3.05, 3.63) is 47.2 Å². The molecule has 0 aliphatic carbocycles. The molecule has 0 bridgehead atoms. The van der Waals surface area contributed by atoms with Gasteiger partial charge in [0.15, 0.2) is 0 Å². The molecule has 2 aliphatic rings. The third-order valence-electron chi connectivity index (χ3n) is 5.48. The van der Waals surface area contributed by atoms with Crippen LogP contribution in [0.15, 0.2) is 46.8 Å². The molecule has 38 heavy (non-hydrogen) atoms. The second kappa shape index (κ2) is 12.1. The number of hydrogen-bond acceptors (Lipinski definition) is 13. The summed E-state index contributed by atoms with van der Waals surface area (Å²) >= 11 is 2.61. The zero-order chi connectivity index (χ0) is 27.2. The van der Waals surface area contributed by atoms with Crippen molar-refractivity contribution >= 4 is 53.7 Å². The molecule has 1 saturated heterocycles. The number of hydrogen-bond donors (Lipinski definition) is 1. The van der Waals surface area contributed by atoms with Gasteiger partial charge in [-0.2, -0.15) is 0 Å². The Kier molecular flexibility index (Phi) is 8.62. The monoisotopic (exact) mass is 562 g/mol. The summed E-state index contributed by atoms with van der Waals surface area (Å²) in [4.78, 5) is 62.5. The number of carbonyl (C=O) groups excluding carboxylic acids is 5. The smallest absolute Gasteiger partial charge is 0.357 e. The maximum absolute atomic E-state index is 13.2. The Hall–Kier alpha value is -3.92. The summed E-state index contributed by atoms with van der Waals surface area (Å²) in [6.07, 6.45) is -1.25. The predicted octanol–water partition coefficient (Wildman–Crippen LogP) is -0.0657. The van der Waals surface area contributed by atoms with Crippen LogP contribution in [0.4, 0.5) is 0 Å². The van der Waals surface area contributed by atoms with Crippen LogP contribution in [-0.2, 0) is 45.2 Å². The summed E-state index contributed by atoms with van der Waals surface area (Å²) in [5, 5.41) is 13.8. The van der Waals surface area contributed by atoms with Crippen molar-refractivity contribution in [1.29, 1.82) is 0 Å². The highest BCUT2D eigenvalue weighted by atomic mass is 32.2. The number of nitrogens with one attached hydrogen (secondary N) is 1. The number of thioether (sulfide) groups is 2. The summed E-state index contributed by atoms with van der Waals surface area (Å²) in [6, 6.07) is 7.39. The number of tetrazole rings is 1. The normalized spacial score (nSPS) is 19.1. The molecule has 1 unspecified atom stereocenters. The van der Waals surface area contributed by atoms with E-state index in [-0.39, 0.29) is 17.9 Å². The van der Waals surface area contributed by atoms with Crippen molar-refractivity contribution in [3.63, 3.8) is 0 Å². The second-order valence-electron chi connectivity index (χ2n) is 7.93.